The zero-order chi connectivity index (χ0) is 41.8. The van der Waals surface area contributed by atoms with Gasteiger partial charge in [0.15, 0.2) is 0 Å². The highest BCUT2D eigenvalue weighted by Crippen LogP contribution is 2.36. The summed E-state index contributed by atoms with van der Waals surface area (Å²) in [4.78, 5) is 76.0. The van der Waals surface area contributed by atoms with E-state index in [0.29, 0.717) is 42.3 Å². The molecule has 60 heavy (non-hydrogen) atoms. The number of aromatic nitrogens is 5. The van der Waals surface area contributed by atoms with Gasteiger partial charge in [-0.15, -0.1) is 0 Å². The molecule has 2 fully saturated rings. The molecule has 4 atom stereocenters. The van der Waals surface area contributed by atoms with Crippen LogP contribution < -0.4 is 10.6 Å². The van der Waals surface area contributed by atoms with Crippen LogP contribution in [0.25, 0.3) is 33.8 Å². The van der Waals surface area contributed by atoms with Gasteiger partial charge in [0.1, 0.15) is 23.7 Å². The predicted octanol–water partition coefficient (Wildman–Crippen LogP) is 7.27. The maximum atomic E-state index is 13.9. The van der Waals surface area contributed by atoms with Crippen LogP contribution in [-0.4, -0.2) is 84.0 Å². The number of aromatic amines is 2. The number of hydrogen-bond donors (Lipinski definition) is 5. The van der Waals surface area contributed by atoms with Crippen LogP contribution in [0.15, 0.2) is 110 Å². The molecule has 6 aromatic rings. The maximum Gasteiger partial charge on any atom is 0.407 e. The Bertz CT molecular complexity index is 2490. The summed E-state index contributed by atoms with van der Waals surface area (Å²) in [5.74, 6) is 0.770. The van der Waals surface area contributed by atoms with E-state index in [1.54, 1.807) is 52.7 Å². The van der Waals surface area contributed by atoms with Gasteiger partial charge in [0.05, 0.1) is 48.7 Å². The molecule has 2 saturated heterocycles. The zero-order valence-electron chi connectivity index (χ0n) is 33.2. The van der Waals surface area contributed by atoms with Gasteiger partial charge in [-0.1, -0.05) is 72.8 Å². The van der Waals surface area contributed by atoms with Crippen molar-refractivity contribution in [2.45, 2.75) is 56.8 Å². The fourth-order valence-corrected chi connectivity index (χ4v) is 8.26. The van der Waals surface area contributed by atoms with Crippen molar-refractivity contribution in [1.29, 1.82) is 0 Å². The van der Waals surface area contributed by atoms with Crippen molar-refractivity contribution in [3.63, 3.8) is 0 Å². The van der Waals surface area contributed by atoms with E-state index in [1.807, 2.05) is 67.6 Å². The number of alkyl carbamates (subject to hydrolysis) is 1. The van der Waals surface area contributed by atoms with Gasteiger partial charge < -0.3 is 40.2 Å². The number of rotatable bonds is 11. The smallest absolute Gasteiger partial charge is 0.407 e. The first-order valence-corrected chi connectivity index (χ1v) is 19.9. The normalized spacial score (nSPS) is 17.2. The van der Waals surface area contributed by atoms with E-state index in [9.17, 15) is 24.3 Å². The second-order valence-electron chi connectivity index (χ2n) is 15.0. The number of aryl methyl sites for hydroxylation is 1. The Labute approximate surface area is 346 Å². The number of carbonyl (C=O) groups excluding carboxylic acids is 3. The number of benzene rings is 3. The van der Waals surface area contributed by atoms with E-state index in [0.717, 1.165) is 58.6 Å². The number of likely N-dealkylation sites (tertiary alicyclic amines) is 2. The van der Waals surface area contributed by atoms with E-state index in [4.69, 9.17) is 14.7 Å². The SMILES string of the molecule is COC(=O)N[C@@H](C(=O)N1CCC[C@H]1c1ncc(-c2ccc(-c3ccc(-c4cnc([C@@H]5CCCN5C(=O)[C@H](NC(=O)O)c5ccccc5)[nH]4)cn3)c(C)c2)[nH]1)c1ccccc1. The van der Waals surface area contributed by atoms with Crippen molar-refractivity contribution in [2.75, 3.05) is 20.2 Å². The van der Waals surface area contributed by atoms with Crippen molar-refractivity contribution in [1.82, 2.24) is 45.4 Å². The minimum atomic E-state index is -1.27. The lowest BCUT2D eigenvalue weighted by atomic mass is 10.0. The van der Waals surface area contributed by atoms with Crippen LogP contribution in [-0.2, 0) is 14.3 Å². The number of H-pyrrole nitrogens is 2. The molecule has 15 nitrogen and oxygen atoms in total. The Hall–Kier alpha value is -7.29. The average Bonchev–Trinajstić information content (AvgIpc) is 4.12. The Morgan fingerprint density at radius 3 is 1.73 bits per heavy atom. The molecule has 3 aromatic heterocycles. The monoisotopic (exact) mass is 807 g/mol. The lowest BCUT2D eigenvalue weighted by Gasteiger charge is -2.28. The molecule has 3 aromatic carbocycles. The van der Waals surface area contributed by atoms with Gasteiger partial charge in [0.25, 0.3) is 11.8 Å². The Kier molecular flexibility index (Phi) is 11.4. The van der Waals surface area contributed by atoms with Gasteiger partial charge in [-0.2, -0.15) is 0 Å². The van der Waals surface area contributed by atoms with Gasteiger partial charge >= 0.3 is 12.2 Å². The fourth-order valence-electron chi connectivity index (χ4n) is 8.26. The zero-order valence-corrected chi connectivity index (χ0v) is 33.2. The van der Waals surface area contributed by atoms with E-state index in [2.05, 4.69) is 31.7 Å². The van der Waals surface area contributed by atoms with Crippen LogP contribution in [0, 0.1) is 6.92 Å². The summed E-state index contributed by atoms with van der Waals surface area (Å²) in [6, 6.07) is 25.5. The number of imidazole rings is 2. The second-order valence-corrected chi connectivity index (χ2v) is 15.0. The van der Waals surface area contributed by atoms with Crippen molar-refractivity contribution in [3.8, 4) is 33.8 Å². The molecule has 2 aliphatic heterocycles. The van der Waals surface area contributed by atoms with Crippen LogP contribution >= 0.6 is 0 Å². The first-order valence-electron chi connectivity index (χ1n) is 19.9. The van der Waals surface area contributed by atoms with Crippen LogP contribution in [0.1, 0.15) is 78.2 Å². The number of carboxylic acid groups (broad SMARTS) is 1. The molecular weight excluding hydrogens is 763 g/mol. The molecule has 2 aliphatic rings. The minimum absolute atomic E-state index is 0.226. The highest BCUT2D eigenvalue weighted by Gasteiger charge is 2.38. The molecule has 4 amide bonds. The average molecular weight is 808 g/mol. The summed E-state index contributed by atoms with van der Waals surface area (Å²) in [5.41, 5.74) is 7.38. The van der Waals surface area contributed by atoms with Crippen LogP contribution in [0.4, 0.5) is 9.59 Å². The minimum Gasteiger partial charge on any atom is -0.465 e. The number of nitrogens with one attached hydrogen (secondary N) is 4. The molecule has 0 aliphatic carbocycles. The van der Waals surface area contributed by atoms with Gasteiger partial charge in [0, 0.05) is 30.4 Å². The third kappa shape index (κ3) is 8.19. The lowest BCUT2D eigenvalue weighted by Crippen LogP contribution is -2.42. The third-order valence-corrected chi connectivity index (χ3v) is 11.3. The first kappa shape index (κ1) is 39.5. The quantitative estimate of drug-likeness (QED) is 0.0894. The van der Waals surface area contributed by atoms with Gasteiger partial charge in [0.2, 0.25) is 0 Å². The molecule has 8 rings (SSSR count). The molecule has 0 unspecified atom stereocenters. The number of hydrogen-bond acceptors (Lipinski definition) is 8. The number of nitrogens with zero attached hydrogens (tertiary/aromatic N) is 5. The molecule has 0 spiro atoms. The number of pyridine rings is 1. The van der Waals surface area contributed by atoms with Gasteiger partial charge in [-0.05, 0) is 73.1 Å². The summed E-state index contributed by atoms with van der Waals surface area (Å²) in [5, 5.41) is 14.6. The number of ether oxygens (including phenoxy) is 1. The Morgan fingerprint density at radius 2 is 1.23 bits per heavy atom. The highest BCUT2D eigenvalue weighted by molar-refractivity contribution is 5.88. The fraction of sp³-hybridized carbons (Fsp3) is 0.267. The summed E-state index contributed by atoms with van der Waals surface area (Å²) in [7, 11) is 1.27. The molecular formula is C45H45N9O6. The van der Waals surface area contributed by atoms with E-state index >= 15 is 0 Å². The summed E-state index contributed by atoms with van der Waals surface area (Å²) in [6.07, 6.45) is 6.36. The number of methoxy groups -OCH3 is 1. The third-order valence-electron chi connectivity index (χ3n) is 11.3. The van der Waals surface area contributed by atoms with Crippen molar-refractivity contribution in [3.05, 3.63) is 138 Å². The van der Waals surface area contributed by atoms with E-state index in [-0.39, 0.29) is 23.9 Å². The number of amides is 4. The topological polar surface area (TPSA) is 199 Å². The van der Waals surface area contributed by atoms with Crippen molar-refractivity contribution < 1.29 is 29.0 Å². The predicted molar refractivity (Wildman–Crippen MR) is 222 cm³/mol. The first-order chi connectivity index (χ1) is 29.2. The molecule has 5 heterocycles. The van der Waals surface area contributed by atoms with Crippen LogP contribution in [0.5, 0.6) is 0 Å². The number of carbonyl (C=O) groups is 4. The molecule has 0 bridgehead atoms. The highest BCUT2D eigenvalue weighted by atomic mass is 16.5. The van der Waals surface area contributed by atoms with Crippen molar-refractivity contribution in [2.24, 2.45) is 0 Å². The Balaban J connectivity index is 0.947. The maximum absolute atomic E-state index is 13.9. The van der Waals surface area contributed by atoms with E-state index < -0.39 is 24.3 Å². The van der Waals surface area contributed by atoms with Crippen molar-refractivity contribution >= 4 is 24.0 Å². The molecule has 0 saturated carbocycles. The molecule has 0 radical (unpaired) electrons. The van der Waals surface area contributed by atoms with Crippen LogP contribution in [0.3, 0.4) is 0 Å². The van der Waals surface area contributed by atoms with Gasteiger partial charge in [-0.3, -0.25) is 14.6 Å². The van der Waals surface area contributed by atoms with E-state index in [1.165, 1.54) is 7.11 Å². The molecule has 15 heteroatoms. The lowest BCUT2D eigenvalue weighted by molar-refractivity contribution is -0.135. The van der Waals surface area contributed by atoms with Gasteiger partial charge in [-0.25, -0.2) is 19.6 Å². The second kappa shape index (κ2) is 17.3. The summed E-state index contributed by atoms with van der Waals surface area (Å²) < 4.78 is 4.83. The Morgan fingerprint density at radius 1 is 0.700 bits per heavy atom. The summed E-state index contributed by atoms with van der Waals surface area (Å²) >= 11 is 0. The molecule has 5 N–H and O–H groups in total. The standard InChI is InChI=1S/C45H45N9O6/c1-27-23-30(34-25-47-40(49-34)36-15-10-22-54(36)43(56)39(52-45(59)60-2)29-13-7-4-8-14-29)17-19-32(27)33-20-18-31(24-46-33)35-26-48-41(50-35)37-16-9-21-53(37)42(55)38(51-44(57)58)28-11-5-3-6-12-28/h3-8,11-14,17-20,23-26,36-39,51H,9-10,15-16,21-22H2,1-2H3,(H,47,49)(H,48,50)(H,52,59)(H,57,58)/t36-,37-,38+,39+/m0/s1. The largest absolute Gasteiger partial charge is 0.465 e. The summed E-state index contributed by atoms with van der Waals surface area (Å²) in [6.45, 7) is 3.06. The molecule has 306 valence electrons. The van der Waals surface area contributed by atoms with Crippen LogP contribution in [0.2, 0.25) is 0 Å².